The van der Waals surface area contributed by atoms with E-state index >= 15 is 0 Å². The average molecular weight is 467 g/mol. The molecule has 6 nitrogen and oxygen atoms in total. The van der Waals surface area contributed by atoms with E-state index in [4.69, 9.17) is 4.74 Å². The van der Waals surface area contributed by atoms with Gasteiger partial charge in [0.05, 0.1) is 23.4 Å². The molecule has 0 atom stereocenters. The van der Waals surface area contributed by atoms with Crippen LogP contribution >= 0.6 is 23.1 Å². The van der Waals surface area contributed by atoms with Gasteiger partial charge in [0, 0.05) is 17.3 Å². The van der Waals surface area contributed by atoms with E-state index in [9.17, 15) is 9.18 Å². The van der Waals surface area contributed by atoms with Gasteiger partial charge >= 0.3 is 0 Å². The predicted octanol–water partition coefficient (Wildman–Crippen LogP) is 5.45. The number of anilines is 1. The Morgan fingerprint density at radius 3 is 2.66 bits per heavy atom. The van der Waals surface area contributed by atoms with Crippen LogP contribution in [-0.4, -0.2) is 34.0 Å². The SMILES string of the molecule is COc1cccc(NC(=O)CSc2ccc(-c3sc(-c4ccc(F)cc4)nc3C)nn2)c1. The molecule has 0 unspecified atom stereocenters. The van der Waals surface area contributed by atoms with Crippen LogP contribution in [0.4, 0.5) is 10.1 Å². The lowest BCUT2D eigenvalue weighted by atomic mass is 10.2. The van der Waals surface area contributed by atoms with Gasteiger partial charge in [-0.05, 0) is 55.5 Å². The van der Waals surface area contributed by atoms with E-state index in [1.54, 1.807) is 31.4 Å². The molecule has 0 saturated carbocycles. The zero-order chi connectivity index (χ0) is 22.5. The number of carbonyl (C=O) groups excluding carboxylic acids is 1. The molecular weight excluding hydrogens is 447 g/mol. The molecule has 4 aromatic rings. The summed E-state index contributed by atoms with van der Waals surface area (Å²) >= 11 is 2.79. The first kappa shape index (κ1) is 21.9. The minimum atomic E-state index is -0.279. The number of rotatable bonds is 7. The molecule has 0 bridgehead atoms. The summed E-state index contributed by atoms with van der Waals surface area (Å²) in [5, 5.41) is 12.8. The Balaban J connectivity index is 1.39. The highest BCUT2D eigenvalue weighted by molar-refractivity contribution is 7.99. The van der Waals surface area contributed by atoms with Crippen molar-refractivity contribution >= 4 is 34.7 Å². The fourth-order valence-corrected chi connectivity index (χ4v) is 4.56. The summed E-state index contributed by atoms with van der Waals surface area (Å²) < 4.78 is 18.3. The molecule has 1 amide bonds. The van der Waals surface area contributed by atoms with Crippen LogP contribution in [0.25, 0.3) is 21.1 Å². The van der Waals surface area contributed by atoms with E-state index in [-0.39, 0.29) is 17.5 Å². The molecule has 2 aromatic carbocycles. The van der Waals surface area contributed by atoms with Gasteiger partial charge in [-0.15, -0.1) is 21.5 Å². The number of nitrogens with one attached hydrogen (secondary N) is 1. The quantitative estimate of drug-likeness (QED) is 0.365. The highest BCUT2D eigenvalue weighted by Gasteiger charge is 2.14. The van der Waals surface area contributed by atoms with Gasteiger partial charge < -0.3 is 10.1 Å². The van der Waals surface area contributed by atoms with Crippen molar-refractivity contribution in [2.75, 3.05) is 18.2 Å². The molecule has 9 heteroatoms. The summed E-state index contributed by atoms with van der Waals surface area (Å²) in [6.45, 7) is 1.91. The summed E-state index contributed by atoms with van der Waals surface area (Å²) in [6, 6.07) is 17.1. The van der Waals surface area contributed by atoms with Crippen molar-refractivity contribution in [2.45, 2.75) is 11.9 Å². The van der Waals surface area contributed by atoms with Crippen LogP contribution in [-0.2, 0) is 4.79 Å². The molecule has 0 fully saturated rings. The van der Waals surface area contributed by atoms with E-state index in [1.807, 2.05) is 31.2 Å². The van der Waals surface area contributed by atoms with Crippen molar-refractivity contribution < 1.29 is 13.9 Å². The maximum absolute atomic E-state index is 13.2. The van der Waals surface area contributed by atoms with E-state index in [0.717, 1.165) is 21.1 Å². The first-order chi connectivity index (χ1) is 15.5. The second-order valence-electron chi connectivity index (χ2n) is 6.77. The lowest BCUT2D eigenvalue weighted by Gasteiger charge is -2.06. The molecule has 0 spiro atoms. The van der Waals surface area contributed by atoms with Crippen LogP contribution in [0.2, 0.25) is 0 Å². The lowest BCUT2D eigenvalue weighted by Crippen LogP contribution is -2.14. The Hall–Kier alpha value is -3.30. The van der Waals surface area contributed by atoms with Gasteiger partial charge in [0.2, 0.25) is 5.91 Å². The van der Waals surface area contributed by atoms with Crippen molar-refractivity contribution in [3.8, 4) is 26.9 Å². The molecule has 162 valence electrons. The summed E-state index contributed by atoms with van der Waals surface area (Å²) in [5.74, 6) is 0.465. The number of nitrogens with zero attached hydrogens (tertiary/aromatic N) is 3. The maximum atomic E-state index is 13.2. The Kier molecular flexibility index (Phi) is 6.77. The number of carbonyl (C=O) groups is 1. The zero-order valence-corrected chi connectivity index (χ0v) is 19.0. The van der Waals surface area contributed by atoms with Crippen LogP contribution in [0.15, 0.2) is 65.7 Å². The Labute approximate surface area is 192 Å². The number of hydrogen-bond acceptors (Lipinski definition) is 7. The molecule has 2 aromatic heterocycles. The molecule has 0 aliphatic carbocycles. The monoisotopic (exact) mass is 466 g/mol. The first-order valence-electron chi connectivity index (χ1n) is 9.66. The summed E-state index contributed by atoms with van der Waals surface area (Å²) in [4.78, 5) is 17.7. The van der Waals surface area contributed by atoms with Crippen LogP contribution in [0.3, 0.4) is 0 Å². The fourth-order valence-electron chi connectivity index (χ4n) is 2.91. The van der Waals surface area contributed by atoms with Crippen molar-refractivity contribution in [1.29, 1.82) is 0 Å². The molecule has 0 aliphatic rings. The number of aryl methyl sites for hydroxylation is 1. The van der Waals surface area contributed by atoms with Crippen molar-refractivity contribution in [3.63, 3.8) is 0 Å². The number of amides is 1. The molecular formula is C23H19FN4O2S2. The maximum Gasteiger partial charge on any atom is 0.234 e. The van der Waals surface area contributed by atoms with E-state index in [1.165, 1.54) is 35.2 Å². The van der Waals surface area contributed by atoms with Gasteiger partial charge in [-0.25, -0.2) is 9.37 Å². The minimum Gasteiger partial charge on any atom is -0.497 e. The predicted molar refractivity (Wildman–Crippen MR) is 126 cm³/mol. The van der Waals surface area contributed by atoms with Crippen molar-refractivity contribution in [1.82, 2.24) is 15.2 Å². The van der Waals surface area contributed by atoms with Gasteiger partial charge in [0.15, 0.2) is 0 Å². The van der Waals surface area contributed by atoms with Crippen molar-refractivity contribution in [3.05, 3.63) is 72.2 Å². The Bertz CT molecular complexity index is 1230. The minimum absolute atomic E-state index is 0.142. The van der Waals surface area contributed by atoms with Gasteiger partial charge in [0.1, 0.15) is 27.3 Å². The number of thioether (sulfide) groups is 1. The van der Waals surface area contributed by atoms with Crippen LogP contribution in [0.5, 0.6) is 5.75 Å². The summed E-state index contributed by atoms with van der Waals surface area (Å²) in [7, 11) is 1.58. The highest BCUT2D eigenvalue weighted by Crippen LogP contribution is 2.34. The van der Waals surface area contributed by atoms with Crippen LogP contribution in [0, 0.1) is 12.7 Å². The van der Waals surface area contributed by atoms with Gasteiger partial charge in [-0.3, -0.25) is 4.79 Å². The standard InChI is InChI=1S/C23H19FN4O2S2/c1-14-22(32-23(25-14)15-6-8-16(24)9-7-15)19-10-11-21(28-27-19)31-13-20(29)26-17-4-3-5-18(12-17)30-2/h3-12H,13H2,1-2H3,(H,26,29). The van der Waals surface area contributed by atoms with E-state index < -0.39 is 0 Å². The first-order valence-corrected chi connectivity index (χ1v) is 11.5. The van der Waals surface area contributed by atoms with E-state index in [2.05, 4.69) is 20.5 Å². The lowest BCUT2D eigenvalue weighted by molar-refractivity contribution is -0.113. The van der Waals surface area contributed by atoms with Gasteiger partial charge in [0.25, 0.3) is 0 Å². The van der Waals surface area contributed by atoms with Gasteiger partial charge in [-0.2, -0.15) is 0 Å². The second-order valence-corrected chi connectivity index (χ2v) is 8.76. The number of thiazole rings is 1. The molecule has 32 heavy (non-hydrogen) atoms. The number of halogens is 1. The third kappa shape index (κ3) is 5.30. The normalized spacial score (nSPS) is 10.7. The number of ether oxygens (including phenoxy) is 1. The smallest absolute Gasteiger partial charge is 0.234 e. The number of methoxy groups -OCH3 is 1. The zero-order valence-electron chi connectivity index (χ0n) is 17.3. The number of aromatic nitrogens is 3. The van der Waals surface area contributed by atoms with Crippen molar-refractivity contribution in [2.24, 2.45) is 0 Å². The Morgan fingerprint density at radius 1 is 1.12 bits per heavy atom. The second kappa shape index (κ2) is 9.88. The van der Waals surface area contributed by atoms with Gasteiger partial charge in [-0.1, -0.05) is 17.8 Å². The molecule has 4 rings (SSSR count). The summed E-state index contributed by atoms with van der Waals surface area (Å²) in [6.07, 6.45) is 0. The average Bonchev–Trinajstić information content (AvgIpc) is 3.20. The van der Waals surface area contributed by atoms with Crippen LogP contribution in [0.1, 0.15) is 5.69 Å². The molecule has 0 saturated heterocycles. The molecule has 0 radical (unpaired) electrons. The topological polar surface area (TPSA) is 77.0 Å². The molecule has 0 aliphatic heterocycles. The Morgan fingerprint density at radius 2 is 1.94 bits per heavy atom. The number of hydrogen-bond donors (Lipinski definition) is 1. The van der Waals surface area contributed by atoms with Crippen LogP contribution < -0.4 is 10.1 Å². The largest absolute Gasteiger partial charge is 0.497 e. The fraction of sp³-hybridized carbons (Fsp3) is 0.130. The number of benzene rings is 2. The highest BCUT2D eigenvalue weighted by atomic mass is 32.2. The molecule has 2 heterocycles. The van der Waals surface area contributed by atoms with E-state index in [0.29, 0.717) is 22.2 Å². The molecule has 1 N–H and O–H groups in total. The summed E-state index contributed by atoms with van der Waals surface area (Å²) in [5.41, 5.74) is 3.07. The third-order valence-corrected chi connectivity index (χ3v) is 6.61. The third-order valence-electron chi connectivity index (χ3n) is 4.47.